The van der Waals surface area contributed by atoms with Gasteiger partial charge in [0.2, 0.25) is 5.91 Å². The Labute approximate surface area is 188 Å². The third-order valence-corrected chi connectivity index (χ3v) is 5.02. The van der Waals surface area contributed by atoms with Gasteiger partial charge in [-0.25, -0.2) is 14.8 Å². The third-order valence-electron chi connectivity index (χ3n) is 3.44. The highest BCUT2D eigenvalue weighted by Gasteiger charge is 2.21. The molecule has 27 heavy (non-hydrogen) atoms. The molecule has 0 radical (unpaired) electrons. The van der Waals surface area contributed by atoms with Crippen LogP contribution in [0.4, 0.5) is 10.6 Å². The number of aromatic nitrogens is 2. The van der Waals surface area contributed by atoms with Crippen molar-refractivity contribution in [1.29, 1.82) is 0 Å². The summed E-state index contributed by atoms with van der Waals surface area (Å²) < 4.78 is 2.96. The van der Waals surface area contributed by atoms with Crippen LogP contribution in [-0.4, -0.2) is 41.5 Å². The molecular weight excluding hydrogens is 593 g/mol. The first-order chi connectivity index (χ1) is 13.0. The molecular formula is C17H18Br2IN5O2. The lowest BCUT2D eigenvalue weighted by Crippen LogP contribution is -2.28. The molecule has 7 nitrogen and oxygen atoms in total. The molecule has 144 valence electrons. The van der Waals surface area contributed by atoms with Gasteiger partial charge in [-0.15, -0.1) is 0 Å². The van der Waals surface area contributed by atoms with E-state index in [1.54, 1.807) is 17.3 Å². The van der Waals surface area contributed by atoms with Crippen LogP contribution in [0.15, 0.2) is 45.6 Å². The van der Waals surface area contributed by atoms with Crippen LogP contribution in [0.2, 0.25) is 0 Å². The number of carbonyl (C=O) groups is 2. The van der Waals surface area contributed by atoms with Gasteiger partial charge in [0.05, 0.1) is 0 Å². The molecule has 2 aromatic rings. The fraction of sp³-hybridized carbons (Fsp3) is 0.294. The number of anilines is 1. The molecule has 0 unspecified atom stereocenters. The summed E-state index contributed by atoms with van der Waals surface area (Å²) in [5.41, 5.74) is 0. The summed E-state index contributed by atoms with van der Waals surface area (Å²) in [5, 5.41) is 5.40. The zero-order valence-corrected chi connectivity index (χ0v) is 19.6. The Morgan fingerprint density at radius 3 is 2.04 bits per heavy atom. The van der Waals surface area contributed by atoms with Crippen molar-refractivity contribution < 1.29 is 9.59 Å². The molecule has 0 bridgehead atoms. The van der Waals surface area contributed by atoms with Gasteiger partial charge in [0.1, 0.15) is 9.52 Å². The molecule has 0 spiro atoms. The zero-order chi connectivity index (χ0) is 19.6. The molecule has 4 rings (SSSR count). The fourth-order valence-corrected chi connectivity index (χ4v) is 2.93. The Morgan fingerprint density at radius 1 is 0.963 bits per heavy atom. The van der Waals surface area contributed by atoms with Crippen molar-refractivity contribution in [2.75, 3.05) is 24.5 Å². The summed E-state index contributed by atoms with van der Waals surface area (Å²) in [6.07, 6.45) is 5.22. The zero-order valence-electron chi connectivity index (χ0n) is 14.3. The second kappa shape index (κ2) is 11.5. The topological polar surface area (TPSA) is 87.2 Å². The van der Waals surface area contributed by atoms with Gasteiger partial charge in [-0.1, -0.05) is 0 Å². The van der Waals surface area contributed by atoms with E-state index in [0.29, 0.717) is 18.9 Å². The smallest absolute Gasteiger partial charge is 0.323 e. The number of amides is 3. The maximum Gasteiger partial charge on any atom is 0.323 e. The van der Waals surface area contributed by atoms with E-state index in [2.05, 4.69) is 75.1 Å². The van der Waals surface area contributed by atoms with E-state index < -0.39 is 0 Å². The summed E-state index contributed by atoms with van der Waals surface area (Å²) >= 11 is 8.73. The van der Waals surface area contributed by atoms with Crippen LogP contribution < -0.4 is 15.5 Å². The minimum atomic E-state index is -0.0742. The highest BCUT2D eigenvalue weighted by atomic mass is 127. The van der Waals surface area contributed by atoms with E-state index in [1.165, 1.54) is 0 Å². The first kappa shape index (κ1) is 22.0. The number of nitrogens with one attached hydrogen (secondary N) is 2. The van der Waals surface area contributed by atoms with Gasteiger partial charge in [-0.2, -0.15) is 0 Å². The maximum absolute atomic E-state index is 11.2. The summed E-state index contributed by atoms with van der Waals surface area (Å²) in [4.78, 5) is 31.1. The highest BCUT2D eigenvalue weighted by molar-refractivity contribution is 14.1. The van der Waals surface area contributed by atoms with Gasteiger partial charge in [-0.3, -0.25) is 9.69 Å². The highest BCUT2D eigenvalue weighted by Crippen LogP contribution is 2.16. The molecule has 4 heterocycles. The van der Waals surface area contributed by atoms with E-state index >= 15 is 0 Å². The summed E-state index contributed by atoms with van der Waals surface area (Å²) in [7, 11) is 0. The van der Waals surface area contributed by atoms with Gasteiger partial charge < -0.3 is 10.6 Å². The molecule has 10 heteroatoms. The second-order valence-corrected chi connectivity index (χ2v) is 8.41. The number of carbonyl (C=O) groups excluding carboxylic acids is 2. The molecule has 2 aliphatic rings. The van der Waals surface area contributed by atoms with Crippen molar-refractivity contribution in [2.45, 2.75) is 12.8 Å². The van der Waals surface area contributed by atoms with Gasteiger partial charge in [0.25, 0.3) is 0 Å². The number of halogens is 3. The SMILES string of the molecule is Brc1ccc(I)nc1.O=C1CCCN1.O=C1NCCN1c1ccc(Br)cn1. The Bertz CT molecular complexity index is 730. The number of pyridine rings is 2. The molecule has 0 aromatic carbocycles. The van der Waals surface area contributed by atoms with Crippen LogP contribution in [0.1, 0.15) is 12.8 Å². The lowest BCUT2D eigenvalue weighted by molar-refractivity contribution is -0.119. The van der Waals surface area contributed by atoms with Gasteiger partial charge in [-0.05, 0) is 85.1 Å². The monoisotopic (exact) mass is 609 g/mol. The molecule has 0 atom stereocenters. The number of hydrogen-bond acceptors (Lipinski definition) is 4. The first-order valence-corrected chi connectivity index (χ1v) is 10.8. The average molecular weight is 611 g/mol. The third kappa shape index (κ3) is 8.09. The lowest BCUT2D eigenvalue weighted by atomic mass is 10.4. The number of nitrogens with zero attached hydrogens (tertiary/aromatic N) is 3. The van der Waals surface area contributed by atoms with E-state index in [9.17, 15) is 9.59 Å². The minimum Gasteiger partial charge on any atom is -0.356 e. The van der Waals surface area contributed by atoms with E-state index in [4.69, 9.17) is 0 Å². The van der Waals surface area contributed by atoms with Crippen LogP contribution in [-0.2, 0) is 4.79 Å². The standard InChI is InChI=1S/C8H8BrN3O.C5H3BrIN.C4H7NO/c9-6-1-2-7(11-5-6)12-4-3-10-8(12)13;6-4-1-2-5(7)8-3-4;6-4-2-1-3-5-4/h1-2,5H,3-4H2,(H,10,13);1-3H;1-3H2,(H,5,6). The lowest BCUT2D eigenvalue weighted by Gasteiger charge is -2.11. The van der Waals surface area contributed by atoms with Crippen molar-refractivity contribution >= 4 is 72.2 Å². The number of hydrogen-bond donors (Lipinski definition) is 2. The predicted octanol–water partition coefficient (Wildman–Crippen LogP) is 3.72. The van der Waals surface area contributed by atoms with E-state index in [-0.39, 0.29) is 11.9 Å². The van der Waals surface area contributed by atoms with Gasteiger partial charge >= 0.3 is 6.03 Å². The Morgan fingerprint density at radius 2 is 1.67 bits per heavy atom. The summed E-state index contributed by atoms with van der Waals surface area (Å²) in [6.45, 7) is 2.27. The predicted molar refractivity (Wildman–Crippen MR) is 120 cm³/mol. The Balaban J connectivity index is 0.000000159. The number of rotatable bonds is 1. The van der Waals surface area contributed by atoms with Gasteiger partial charge in [0.15, 0.2) is 0 Å². The minimum absolute atomic E-state index is 0.0742. The van der Waals surface area contributed by atoms with Crippen molar-refractivity contribution in [1.82, 2.24) is 20.6 Å². The molecule has 2 N–H and O–H groups in total. The summed E-state index contributed by atoms with van der Waals surface area (Å²) in [6, 6.07) is 7.53. The quantitative estimate of drug-likeness (QED) is 0.381. The van der Waals surface area contributed by atoms with Crippen LogP contribution in [0.3, 0.4) is 0 Å². The fourth-order valence-electron chi connectivity index (χ4n) is 2.14. The Kier molecular flexibility index (Phi) is 9.42. The normalized spacial score (nSPS) is 15.1. The van der Waals surface area contributed by atoms with Crippen LogP contribution in [0.5, 0.6) is 0 Å². The van der Waals surface area contributed by atoms with Crippen molar-refractivity contribution in [3.8, 4) is 0 Å². The summed E-state index contributed by atoms with van der Waals surface area (Å²) in [5.74, 6) is 0.896. The van der Waals surface area contributed by atoms with E-state index in [1.807, 2.05) is 24.3 Å². The van der Waals surface area contributed by atoms with Crippen molar-refractivity contribution in [3.63, 3.8) is 0 Å². The van der Waals surface area contributed by atoms with Crippen molar-refractivity contribution in [2.24, 2.45) is 0 Å². The number of urea groups is 1. The van der Waals surface area contributed by atoms with Crippen molar-refractivity contribution in [3.05, 3.63) is 49.3 Å². The largest absolute Gasteiger partial charge is 0.356 e. The average Bonchev–Trinajstić information content (AvgIpc) is 3.30. The molecule has 0 aliphatic carbocycles. The second-order valence-electron chi connectivity index (χ2n) is 5.47. The van der Waals surface area contributed by atoms with Crippen LogP contribution in [0.25, 0.3) is 0 Å². The molecule has 2 aliphatic heterocycles. The van der Waals surface area contributed by atoms with Gasteiger partial charge in [0, 0.05) is 47.4 Å². The maximum atomic E-state index is 11.2. The molecule has 0 saturated carbocycles. The molecule has 2 aromatic heterocycles. The molecule has 2 fully saturated rings. The molecule has 3 amide bonds. The Hall–Kier alpha value is -1.27. The van der Waals surface area contributed by atoms with Crippen LogP contribution in [0, 0.1) is 3.70 Å². The first-order valence-electron chi connectivity index (χ1n) is 8.16. The molecule has 2 saturated heterocycles. The van der Waals surface area contributed by atoms with E-state index in [0.717, 1.165) is 32.0 Å². The van der Waals surface area contributed by atoms with Crippen LogP contribution >= 0.6 is 54.5 Å².